The van der Waals surface area contributed by atoms with E-state index < -0.39 is 0 Å². The zero-order chi connectivity index (χ0) is 19.0. The lowest BCUT2D eigenvalue weighted by Crippen LogP contribution is -2.28. The molecule has 0 aliphatic carbocycles. The van der Waals surface area contributed by atoms with Gasteiger partial charge in [0.2, 0.25) is 0 Å². The van der Waals surface area contributed by atoms with Gasteiger partial charge < -0.3 is 14.3 Å². The quantitative estimate of drug-likeness (QED) is 0.645. The number of carbonyl (C=O) groups excluding carboxylic acids is 1. The molecule has 0 fully saturated rings. The standard InChI is InChI=1S/C23H27N3O.CH4/c1-16-4-5-22-20(12-16)21-15-25(3)11-8-23(21)26(22)14-19(13-17(2)27)18-6-9-24-10-7-18;/h4-7,9-10,12,19H,8,11,13-15H2,1-3H3;1H4. The predicted octanol–water partition coefficient (Wildman–Crippen LogP) is 4.73. The van der Waals surface area contributed by atoms with E-state index in [4.69, 9.17) is 0 Å². The van der Waals surface area contributed by atoms with Crippen molar-refractivity contribution in [1.29, 1.82) is 0 Å². The van der Waals surface area contributed by atoms with Crippen LogP contribution >= 0.6 is 0 Å². The topological polar surface area (TPSA) is 38.1 Å². The van der Waals surface area contributed by atoms with Crippen LogP contribution < -0.4 is 0 Å². The van der Waals surface area contributed by atoms with Crippen molar-refractivity contribution in [1.82, 2.24) is 14.5 Å². The first-order chi connectivity index (χ1) is 13.0. The average molecular weight is 378 g/mol. The van der Waals surface area contributed by atoms with Gasteiger partial charge in [0.15, 0.2) is 0 Å². The van der Waals surface area contributed by atoms with Gasteiger partial charge in [0.05, 0.1) is 0 Å². The largest absolute Gasteiger partial charge is 0.344 e. The monoisotopic (exact) mass is 377 g/mol. The normalized spacial score (nSPS) is 15.1. The fourth-order valence-electron chi connectivity index (χ4n) is 4.40. The number of pyridine rings is 1. The summed E-state index contributed by atoms with van der Waals surface area (Å²) in [7, 11) is 2.19. The Kier molecular flexibility index (Phi) is 5.99. The van der Waals surface area contributed by atoms with Crippen LogP contribution in [0.2, 0.25) is 0 Å². The molecular weight excluding hydrogens is 346 g/mol. The predicted molar refractivity (Wildman–Crippen MR) is 116 cm³/mol. The number of hydrogen-bond donors (Lipinski definition) is 0. The number of likely N-dealkylation sites (N-methyl/N-ethyl adjacent to an activating group) is 1. The fraction of sp³-hybridized carbons (Fsp3) is 0.417. The lowest BCUT2D eigenvalue weighted by atomic mass is 9.94. The molecule has 0 bridgehead atoms. The Hall–Kier alpha value is -2.46. The summed E-state index contributed by atoms with van der Waals surface area (Å²) in [5, 5.41) is 1.37. The molecule has 3 aromatic rings. The summed E-state index contributed by atoms with van der Waals surface area (Å²) in [6.45, 7) is 6.76. The molecule has 1 atom stereocenters. The van der Waals surface area contributed by atoms with E-state index in [1.54, 1.807) is 6.92 Å². The van der Waals surface area contributed by atoms with Crippen LogP contribution in [0.15, 0.2) is 42.7 Å². The number of carbonyl (C=O) groups is 1. The summed E-state index contributed by atoms with van der Waals surface area (Å²) in [4.78, 5) is 18.5. The molecule has 2 aromatic heterocycles. The first-order valence-electron chi connectivity index (χ1n) is 9.71. The zero-order valence-corrected chi connectivity index (χ0v) is 16.4. The molecule has 1 aliphatic rings. The number of aryl methyl sites for hydroxylation is 1. The average Bonchev–Trinajstić information content (AvgIpc) is 2.94. The fourth-order valence-corrected chi connectivity index (χ4v) is 4.40. The summed E-state index contributed by atoms with van der Waals surface area (Å²) < 4.78 is 2.48. The summed E-state index contributed by atoms with van der Waals surface area (Å²) in [6, 6.07) is 10.9. The van der Waals surface area contributed by atoms with Gasteiger partial charge in [0.1, 0.15) is 5.78 Å². The molecule has 3 heterocycles. The molecule has 0 amide bonds. The summed E-state index contributed by atoms with van der Waals surface area (Å²) in [5.41, 5.74) is 6.68. The van der Waals surface area contributed by atoms with Gasteiger partial charge in [-0.1, -0.05) is 19.1 Å². The van der Waals surface area contributed by atoms with Crippen molar-refractivity contribution in [3.8, 4) is 0 Å². The van der Waals surface area contributed by atoms with Crippen molar-refractivity contribution in [2.75, 3.05) is 13.6 Å². The Morgan fingerprint density at radius 1 is 1.21 bits per heavy atom. The molecule has 148 valence electrons. The lowest BCUT2D eigenvalue weighted by Gasteiger charge is -2.26. The van der Waals surface area contributed by atoms with Gasteiger partial charge in [-0.15, -0.1) is 0 Å². The number of nitrogens with zero attached hydrogens (tertiary/aromatic N) is 3. The minimum absolute atomic E-state index is 0. The van der Waals surface area contributed by atoms with E-state index in [9.17, 15) is 4.79 Å². The molecular formula is C24H31N3O. The highest BCUT2D eigenvalue weighted by Crippen LogP contribution is 2.34. The van der Waals surface area contributed by atoms with Gasteiger partial charge in [-0.25, -0.2) is 0 Å². The maximum absolute atomic E-state index is 12.0. The number of benzene rings is 1. The van der Waals surface area contributed by atoms with Crippen LogP contribution in [0.3, 0.4) is 0 Å². The number of rotatable bonds is 5. The first-order valence-corrected chi connectivity index (χ1v) is 9.71. The van der Waals surface area contributed by atoms with Crippen LogP contribution in [0, 0.1) is 6.92 Å². The van der Waals surface area contributed by atoms with Gasteiger partial charge in [-0.05, 0) is 56.3 Å². The van der Waals surface area contributed by atoms with Crippen molar-refractivity contribution >= 4 is 16.7 Å². The van der Waals surface area contributed by atoms with Crippen molar-refractivity contribution in [2.24, 2.45) is 0 Å². The SMILES string of the molecule is C.CC(=O)CC(Cn1c2c(c3cc(C)ccc31)CN(C)CC2)c1ccncc1. The van der Waals surface area contributed by atoms with Crippen LogP contribution in [0.1, 0.15) is 49.1 Å². The molecule has 4 rings (SSSR count). The number of ketones is 1. The highest BCUT2D eigenvalue weighted by molar-refractivity contribution is 5.86. The first kappa shape index (κ1) is 20.3. The van der Waals surface area contributed by atoms with Crippen LogP contribution in [-0.4, -0.2) is 33.8 Å². The third kappa shape index (κ3) is 3.88. The highest BCUT2D eigenvalue weighted by Gasteiger charge is 2.25. The Bertz CT molecular complexity index is 974. The van der Waals surface area contributed by atoms with E-state index in [0.717, 1.165) is 26.1 Å². The lowest BCUT2D eigenvalue weighted by molar-refractivity contribution is -0.117. The van der Waals surface area contributed by atoms with Gasteiger partial charge in [0, 0.05) is 67.4 Å². The molecule has 28 heavy (non-hydrogen) atoms. The molecule has 0 radical (unpaired) electrons. The van der Waals surface area contributed by atoms with Crippen LogP contribution in [-0.2, 0) is 24.3 Å². The molecule has 0 N–H and O–H groups in total. The number of Topliss-reactive ketones (excluding diaryl/α,β-unsaturated/α-hetero) is 1. The maximum atomic E-state index is 12.0. The Balaban J connectivity index is 0.00000225. The van der Waals surface area contributed by atoms with Crippen LogP contribution in [0.25, 0.3) is 10.9 Å². The minimum Gasteiger partial charge on any atom is -0.344 e. The van der Waals surface area contributed by atoms with E-state index in [2.05, 4.69) is 46.6 Å². The zero-order valence-electron chi connectivity index (χ0n) is 16.4. The Morgan fingerprint density at radius 2 is 1.96 bits per heavy atom. The molecule has 1 aromatic carbocycles. The third-order valence-electron chi connectivity index (χ3n) is 5.71. The van der Waals surface area contributed by atoms with Gasteiger partial charge in [-0.3, -0.25) is 4.98 Å². The second-order valence-corrected chi connectivity index (χ2v) is 7.93. The van der Waals surface area contributed by atoms with Crippen molar-refractivity contribution in [3.05, 3.63) is 65.1 Å². The van der Waals surface area contributed by atoms with E-state index >= 15 is 0 Å². The van der Waals surface area contributed by atoms with Crippen molar-refractivity contribution in [3.63, 3.8) is 0 Å². The second kappa shape index (κ2) is 8.27. The maximum Gasteiger partial charge on any atom is 0.130 e. The Morgan fingerprint density at radius 3 is 2.68 bits per heavy atom. The number of fused-ring (bicyclic) bond motifs is 3. The minimum atomic E-state index is 0. The smallest absolute Gasteiger partial charge is 0.130 e. The van der Waals surface area contributed by atoms with Crippen LogP contribution in [0.4, 0.5) is 0 Å². The van der Waals surface area contributed by atoms with E-state index in [1.165, 1.54) is 33.3 Å². The molecule has 4 heteroatoms. The summed E-state index contributed by atoms with van der Waals surface area (Å²) in [5.74, 6) is 0.406. The number of aromatic nitrogens is 2. The van der Waals surface area contributed by atoms with Gasteiger partial charge >= 0.3 is 0 Å². The van der Waals surface area contributed by atoms with Crippen molar-refractivity contribution < 1.29 is 4.79 Å². The van der Waals surface area contributed by atoms with E-state index in [-0.39, 0.29) is 19.1 Å². The van der Waals surface area contributed by atoms with Crippen molar-refractivity contribution in [2.45, 2.75) is 53.1 Å². The summed E-state index contributed by atoms with van der Waals surface area (Å²) in [6.07, 6.45) is 5.26. The molecule has 1 aliphatic heterocycles. The van der Waals surface area contributed by atoms with E-state index in [0.29, 0.717) is 6.42 Å². The van der Waals surface area contributed by atoms with Gasteiger partial charge in [-0.2, -0.15) is 0 Å². The summed E-state index contributed by atoms with van der Waals surface area (Å²) >= 11 is 0. The third-order valence-corrected chi connectivity index (χ3v) is 5.71. The molecule has 0 spiro atoms. The molecule has 1 unspecified atom stereocenters. The van der Waals surface area contributed by atoms with Crippen LogP contribution in [0.5, 0.6) is 0 Å². The number of hydrogen-bond acceptors (Lipinski definition) is 3. The Labute approximate surface area is 168 Å². The van der Waals surface area contributed by atoms with Gasteiger partial charge in [0.25, 0.3) is 0 Å². The second-order valence-electron chi connectivity index (χ2n) is 7.93. The molecule has 0 saturated heterocycles. The highest BCUT2D eigenvalue weighted by atomic mass is 16.1. The molecule has 0 saturated carbocycles. The molecule has 4 nitrogen and oxygen atoms in total. The van der Waals surface area contributed by atoms with E-state index in [1.807, 2.05) is 24.5 Å².